The average molecular weight is 364 g/mol. The Morgan fingerprint density at radius 1 is 1.35 bits per heavy atom. The Kier molecular flexibility index (Phi) is 6.02. The van der Waals surface area contributed by atoms with E-state index in [-0.39, 0.29) is 17.3 Å². The quantitative estimate of drug-likeness (QED) is 0.543. The van der Waals surface area contributed by atoms with Crippen molar-refractivity contribution in [3.8, 4) is 0 Å². The van der Waals surface area contributed by atoms with Gasteiger partial charge in [-0.3, -0.25) is 19.8 Å². The summed E-state index contributed by atoms with van der Waals surface area (Å²) in [4.78, 5) is 24.5. The summed E-state index contributed by atoms with van der Waals surface area (Å²) in [7, 11) is 0. The van der Waals surface area contributed by atoms with Crippen molar-refractivity contribution in [3.63, 3.8) is 0 Å². The number of hydrogen-bond acceptors (Lipinski definition) is 7. The Labute approximate surface area is 151 Å². The highest BCUT2D eigenvalue weighted by Gasteiger charge is 2.32. The van der Waals surface area contributed by atoms with Crippen molar-refractivity contribution in [1.82, 2.24) is 4.90 Å². The molecule has 9 heteroatoms. The molecule has 3 rings (SSSR count). The van der Waals surface area contributed by atoms with Crippen LogP contribution in [0.5, 0.6) is 0 Å². The zero-order valence-corrected chi connectivity index (χ0v) is 14.6. The molecule has 2 aliphatic rings. The monoisotopic (exact) mass is 364 g/mol. The van der Waals surface area contributed by atoms with Crippen LogP contribution in [0.15, 0.2) is 18.2 Å². The highest BCUT2D eigenvalue weighted by Crippen LogP contribution is 2.27. The number of carbonyl (C=O) groups is 1. The number of anilines is 1. The van der Waals surface area contributed by atoms with Crippen molar-refractivity contribution in [2.24, 2.45) is 11.7 Å². The maximum Gasteiger partial charge on any atom is 0.293 e. The van der Waals surface area contributed by atoms with Gasteiger partial charge in [0, 0.05) is 49.8 Å². The van der Waals surface area contributed by atoms with Crippen LogP contribution < -0.4 is 11.1 Å². The van der Waals surface area contributed by atoms with Crippen molar-refractivity contribution in [2.75, 3.05) is 51.4 Å². The van der Waals surface area contributed by atoms with Crippen molar-refractivity contribution in [2.45, 2.75) is 12.5 Å². The minimum absolute atomic E-state index is 0.121. The first kappa shape index (κ1) is 18.6. The Morgan fingerprint density at radius 2 is 2.12 bits per heavy atom. The molecule has 2 saturated heterocycles. The molecule has 2 atom stereocenters. The molecule has 2 heterocycles. The molecule has 1 aromatic carbocycles. The molecule has 0 unspecified atom stereocenters. The maximum absolute atomic E-state index is 11.4. The summed E-state index contributed by atoms with van der Waals surface area (Å²) in [6, 6.07) is 4.46. The molecule has 0 spiro atoms. The molecular weight excluding hydrogens is 340 g/mol. The number of nitrogens with one attached hydrogen (secondary N) is 1. The summed E-state index contributed by atoms with van der Waals surface area (Å²) in [5.74, 6) is -0.307. The molecule has 0 aromatic heterocycles. The SMILES string of the molecule is NC(=O)c1ccc(NC[C@@H]([C@@H]2CCOC2)N2CCOCC2)c([N+](=O)[O-])c1. The summed E-state index contributed by atoms with van der Waals surface area (Å²) in [6.07, 6.45) is 0.979. The summed E-state index contributed by atoms with van der Waals surface area (Å²) in [5.41, 5.74) is 5.58. The lowest BCUT2D eigenvalue weighted by atomic mass is 9.96. The lowest BCUT2D eigenvalue weighted by Crippen LogP contribution is -2.50. The van der Waals surface area contributed by atoms with Crippen LogP contribution in [-0.4, -0.2) is 67.8 Å². The zero-order chi connectivity index (χ0) is 18.5. The number of hydrogen-bond donors (Lipinski definition) is 2. The second-order valence-corrected chi connectivity index (χ2v) is 6.57. The van der Waals surface area contributed by atoms with Crippen LogP contribution in [0.2, 0.25) is 0 Å². The number of amides is 1. The van der Waals surface area contributed by atoms with Gasteiger partial charge < -0.3 is 20.5 Å². The molecule has 0 radical (unpaired) electrons. The number of nitrogens with zero attached hydrogens (tertiary/aromatic N) is 2. The molecule has 0 aliphatic carbocycles. The fourth-order valence-corrected chi connectivity index (χ4v) is 3.56. The Hall–Kier alpha value is -2.23. The molecule has 0 bridgehead atoms. The molecule has 142 valence electrons. The molecule has 2 aliphatic heterocycles. The minimum atomic E-state index is -0.686. The summed E-state index contributed by atoms with van der Waals surface area (Å²) < 4.78 is 11.0. The van der Waals surface area contributed by atoms with E-state index in [4.69, 9.17) is 15.2 Å². The van der Waals surface area contributed by atoms with E-state index < -0.39 is 10.8 Å². The van der Waals surface area contributed by atoms with E-state index >= 15 is 0 Å². The highest BCUT2D eigenvalue weighted by atomic mass is 16.6. The normalized spacial score (nSPS) is 22.1. The van der Waals surface area contributed by atoms with Crippen molar-refractivity contribution >= 4 is 17.3 Å². The number of carbonyl (C=O) groups excluding carboxylic acids is 1. The minimum Gasteiger partial charge on any atom is -0.381 e. The molecule has 3 N–H and O–H groups in total. The van der Waals surface area contributed by atoms with Crippen LogP contribution >= 0.6 is 0 Å². The molecule has 1 amide bonds. The fraction of sp³-hybridized carbons (Fsp3) is 0.588. The van der Waals surface area contributed by atoms with Crippen molar-refractivity contribution in [1.29, 1.82) is 0 Å². The largest absolute Gasteiger partial charge is 0.381 e. The van der Waals surface area contributed by atoms with Gasteiger partial charge in [-0.1, -0.05) is 0 Å². The summed E-state index contributed by atoms with van der Waals surface area (Å²) in [6.45, 7) is 5.07. The van der Waals surface area contributed by atoms with Gasteiger partial charge in [0.2, 0.25) is 5.91 Å². The van der Waals surface area contributed by atoms with E-state index in [9.17, 15) is 14.9 Å². The molecule has 2 fully saturated rings. The second-order valence-electron chi connectivity index (χ2n) is 6.57. The van der Waals surface area contributed by atoms with E-state index in [2.05, 4.69) is 10.2 Å². The molecule has 9 nitrogen and oxygen atoms in total. The van der Waals surface area contributed by atoms with Gasteiger partial charge in [0.1, 0.15) is 5.69 Å². The van der Waals surface area contributed by atoms with Crippen LogP contribution in [0.4, 0.5) is 11.4 Å². The number of nitro groups is 1. The number of primary amides is 1. The molecule has 1 aromatic rings. The van der Waals surface area contributed by atoms with E-state index in [0.29, 0.717) is 38.0 Å². The third-order valence-corrected chi connectivity index (χ3v) is 5.00. The Morgan fingerprint density at radius 3 is 2.73 bits per heavy atom. The van der Waals surface area contributed by atoms with Gasteiger partial charge in [-0.05, 0) is 18.6 Å². The van der Waals surface area contributed by atoms with Gasteiger partial charge in [-0.25, -0.2) is 0 Å². The maximum atomic E-state index is 11.4. The zero-order valence-electron chi connectivity index (χ0n) is 14.6. The van der Waals surface area contributed by atoms with E-state index in [1.165, 1.54) is 12.1 Å². The van der Waals surface area contributed by atoms with Crippen LogP contribution in [0.3, 0.4) is 0 Å². The van der Waals surface area contributed by atoms with Gasteiger partial charge >= 0.3 is 0 Å². The average Bonchev–Trinajstić information content (AvgIpc) is 3.17. The first-order chi connectivity index (χ1) is 12.6. The second kappa shape index (κ2) is 8.43. The van der Waals surface area contributed by atoms with Crippen molar-refractivity contribution in [3.05, 3.63) is 33.9 Å². The summed E-state index contributed by atoms with van der Waals surface area (Å²) >= 11 is 0. The number of nitro benzene ring substituents is 1. The lowest BCUT2D eigenvalue weighted by Gasteiger charge is -2.37. The molecule has 26 heavy (non-hydrogen) atoms. The topological polar surface area (TPSA) is 120 Å². The fourth-order valence-electron chi connectivity index (χ4n) is 3.56. The standard InChI is InChI=1S/C17H24N4O5/c18-17(22)12-1-2-14(15(9-12)21(23)24)19-10-16(13-3-6-26-11-13)20-4-7-25-8-5-20/h1-2,9,13,16,19H,3-8,10-11H2,(H2,18,22)/t13-,16+/m1/s1. The van der Waals surface area contributed by atoms with E-state index in [0.717, 1.165) is 26.1 Å². The third kappa shape index (κ3) is 4.29. The van der Waals surface area contributed by atoms with Gasteiger partial charge in [-0.2, -0.15) is 0 Å². The van der Waals surface area contributed by atoms with Gasteiger partial charge in [-0.15, -0.1) is 0 Å². The Bertz CT molecular complexity index is 657. The summed E-state index contributed by atoms with van der Waals surface area (Å²) in [5, 5.41) is 14.6. The smallest absolute Gasteiger partial charge is 0.293 e. The van der Waals surface area contributed by atoms with Gasteiger partial charge in [0.15, 0.2) is 0 Å². The molecule has 0 saturated carbocycles. The number of ether oxygens (including phenoxy) is 2. The number of rotatable bonds is 7. The first-order valence-corrected chi connectivity index (χ1v) is 8.78. The van der Waals surface area contributed by atoms with Crippen molar-refractivity contribution < 1.29 is 19.2 Å². The highest BCUT2D eigenvalue weighted by molar-refractivity contribution is 5.94. The number of morpholine rings is 1. The van der Waals surface area contributed by atoms with Crippen LogP contribution in [0.25, 0.3) is 0 Å². The Balaban J connectivity index is 1.75. The lowest BCUT2D eigenvalue weighted by molar-refractivity contribution is -0.384. The van der Waals surface area contributed by atoms with E-state index in [1.807, 2.05) is 0 Å². The van der Waals surface area contributed by atoms with Gasteiger partial charge in [0.05, 0.1) is 24.7 Å². The van der Waals surface area contributed by atoms with Gasteiger partial charge in [0.25, 0.3) is 5.69 Å². The first-order valence-electron chi connectivity index (χ1n) is 8.78. The van der Waals surface area contributed by atoms with Crippen LogP contribution in [-0.2, 0) is 9.47 Å². The number of nitrogens with two attached hydrogens (primary N) is 1. The predicted molar refractivity (Wildman–Crippen MR) is 95.2 cm³/mol. The van der Waals surface area contributed by atoms with Crippen LogP contribution in [0, 0.1) is 16.0 Å². The third-order valence-electron chi connectivity index (χ3n) is 5.00. The van der Waals surface area contributed by atoms with E-state index in [1.54, 1.807) is 6.07 Å². The number of benzene rings is 1. The predicted octanol–water partition coefficient (Wildman–Crippen LogP) is 0.843. The van der Waals surface area contributed by atoms with Crippen LogP contribution in [0.1, 0.15) is 16.8 Å². The molecular formula is C17H24N4O5.